The Balaban J connectivity index is 2.88. The summed E-state index contributed by atoms with van der Waals surface area (Å²) in [5.41, 5.74) is 0.399. The van der Waals surface area contributed by atoms with Crippen LogP contribution in [-0.2, 0) is 16.0 Å². The van der Waals surface area contributed by atoms with Gasteiger partial charge in [0, 0.05) is 0 Å². The Labute approximate surface area is 106 Å². The molecule has 0 amide bonds. The fourth-order valence-electron chi connectivity index (χ4n) is 1.51. The van der Waals surface area contributed by atoms with Gasteiger partial charge in [-0.25, -0.2) is 0 Å². The lowest BCUT2D eigenvalue weighted by Gasteiger charge is -2.21. The van der Waals surface area contributed by atoms with Crippen LogP contribution in [0.15, 0.2) is 18.2 Å². The highest BCUT2D eigenvalue weighted by molar-refractivity contribution is 6.42. The molecule has 16 heavy (non-hydrogen) atoms. The van der Waals surface area contributed by atoms with Crippen LogP contribution >= 0.6 is 23.2 Å². The molecule has 0 saturated heterocycles. The number of hydrogen-bond donors (Lipinski definition) is 0. The summed E-state index contributed by atoms with van der Waals surface area (Å²) in [5, 5.41) is 1.01. The maximum absolute atomic E-state index is 11.5. The van der Waals surface area contributed by atoms with Gasteiger partial charge in [-0.2, -0.15) is 0 Å². The average Bonchev–Trinajstić information content (AvgIpc) is 2.22. The number of rotatable bonds is 3. The highest BCUT2D eigenvalue weighted by atomic mass is 35.5. The van der Waals surface area contributed by atoms with Crippen molar-refractivity contribution in [1.82, 2.24) is 0 Å². The van der Waals surface area contributed by atoms with Crippen LogP contribution in [0.3, 0.4) is 0 Å². The number of halogens is 2. The number of carbonyl (C=O) groups is 1. The van der Waals surface area contributed by atoms with E-state index in [2.05, 4.69) is 0 Å². The van der Waals surface area contributed by atoms with Crippen LogP contribution in [-0.4, -0.2) is 13.1 Å². The van der Waals surface area contributed by atoms with Gasteiger partial charge < -0.3 is 4.74 Å². The molecule has 1 aromatic rings. The first-order valence-corrected chi connectivity index (χ1v) is 5.65. The molecule has 4 heteroatoms. The summed E-state index contributed by atoms with van der Waals surface area (Å²) in [4.78, 5) is 11.5. The first-order chi connectivity index (χ1) is 7.36. The summed E-state index contributed by atoms with van der Waals surface area (Å²) in [6.45, 7) is 3.67. The van der Waals surface area contributed by atoms with Crippen LogP contribution in [0, 0.1) is 5.41 Å². The molecule has 0 spiro atoms. The van der Waals surface area contributed by atoms with Gasteiger partial charge >= 0.3 is 5.97 Å². The topological polar surface area (TPSA) is 26.3 Å². The Morgan fingerprint density at radius 3 is 2.44 bits per heavy atom. The number of methoxy groups -OCH3 is 1. The van der Waals surface area contributed by atoms with E-state index in [9.17, 15) is 4.79 Å². The van der Waals surface area contributed by atoms with E-state index in [1.807, 2.05) is 19.9 Å². The first kappa shape index (κ1) is 13.3. The number of ether oxygens (including phenoxy) is 1. The van der Waals surface area contributed by atoms with E-state index in [4.69, 9.17) is 27.9 Å². The predicted octanol–water partition coefficient (Wildman–Crippen LogP) is 3.74. The first-order valence-electron chi connectivity index (χ1n) is 4.89. The fourth-order valence-corrected chi connectivity index (χ4v) is 1.83. The largest absolute Gasteiger partial charge is 0.469 e. The van der Waals surface area contributed by atoms with Crippen molar-refractivity contribution < 1.29 is 9.53 Å². The van der Waals surface area contributed by atoms with E-state index in [0.29, 0.717) is 16.5 Å². The summed E-state index contributed by atoms with van der Waals surface area (Å²) in [7, 11) is 1.39. The second-order valence-corrected chi connectivity index (χ2v) is 5.12. The van der Waals surface area contributed by atoms with Crippen LogP contribution in [0.5, 0.6) is 0 Å². The van der Waals surface area contributed by atoms with Crippen LogP contribution in [0.1, 0.15) is 19.4 Å². The summed E-state index contributed by atoms with van der Waals surface area (Å²) in [6, 6.07) is 5.36. The second-order valence-electron chi connectivity index (χ2n) is 4.30. The van der Waals surface area contributed by atoms with Crippen molar-refractivity contribution in [3.63, 3.8) is 0 Å². The molecule has 0 N–H and O–H groups in total. The van der Waals surface area contributed by atoms with Gasteiger partial charge in [0.1, 0.15) is 0 Å². The summed E-state index contributed by atoms with van der Waals surface area (Å²) in [5.74, 6) is -0.237. The van der Waals surface area contributed by atoms with E-state index in [0.717, 1.165) is 5.56 Å². The fraction of sp³-hybridized carbons (Fsp3) is 0.417. The van der Waals surface area contributed by atoms with Crippen molar-refractivity contribution in [2.45, 2.75) is 20.3 Å². The highest BCUT2D eigenvalue weighted by Crippen LogP contribution is 2.28. The third kappa shape index (κ3) is 3.13. The Kier molecular flexibility index (Phi) is 4.22. The van der Waals surface area contributed by atoms with E-state index < -0.39 is 5.41 Å². The van der Waals surface area contributed by atoms with Crippen LogP contribution in [0.4, 0.5) is 0 Å². The number of benzene rings is 1. The lowest BCUT2D eigenvalue weighted by atomic mass is 9.86. The van der Waals surface area contributed by atoms with Gasteiger partial charge in [0.05, 0.1) is 22.6 Å². The molecule has 1 aromatic carbocycles. The molecule has 0 saturated carbocycles. The van der Waals surface area contributed by atoms with Crippen molar-refractivity contribution >= 4 is 29.2 Å². The van der Waals surface area contributed by atoms with Crippen molar-refractivity contribution in [3.05, 3.63) is 33.8 Å². The van der Waals surface area contributed by atoms with Crippen molar-refractivity contribution in [2.24, 2.45) is 5.41 Å². The van der Waals surface area contributed by atoms with Crippen LogP contribution in [0.25, 0.3) is 0 Å². The third-order valence-electron chi connectivity index (χ3n) is 2.37. The Hall–Kier alpha value is -0.730. The Bertz CT molecular complexity index is 400. The van der Waals surface area contributed by atoms with Gasteiger partial charge in [-0.05, 0) is 38.0 Å². The van der Waals surface area contributed by atoms with E-state index >= 15 is 0 Å². The van der Waals surface area contributed by atoms with Gasteiger partial charge in [-0.3, -0.25) is 4.79 Å². The molecule has 0 aliphatic carbocycles. The standard InChI is InChI=1S/C12H14Cl2O2/c1-12(2,11(15)16-3)7-8-4-5-9(13)10(14)6-8/h4-6H,7H2,1-3H3. The predicted molar refractivity (Wildman–Crippen MR) is 66.0 cm³/mol. The maximum Gasteiger partial charge on any atom is 0.311 e. The minimum Gasteiger partial charge on any atom is -0.469 e. The van der Waals surface area contributed by atoms with Gasteiger partial charge in [-0.1, -0.05) is 29.3 Å². The molecule has 0 fully saturated rings. The summed E-state index contributed by atoms with van der Waals surface area (Å²) >= 11 is 11.7. The number of hydrogen-bond acceptors (Lipinski definition) is 2. The maximum atomic E-state index is 11.5. The summed E-state index contributed by atoms with van der Waals surface area (Å²) < 4.78 is 4.74. The van der Waals surface area contributed by atoms with E-state index in [1.54, 1.807) is 12.1 Å². The lowest BCUT2D eigenvalue weighted by Crippen LogP contribution is -2.27. The second kappa shape index (κ2) is 5.07. The highest BCUT2D eigenvalue weighted by Gasteiger charge is 2.28. The molecular weight excluding hydrogens is 247 g/mol. The molecule has 0 atom stereocenters. The molecule has 0 aromatic heterocycles. The van der Waals surface area contributed by atoms with E-state index in [1.165, 1.54) is 7.11 Å². The smallest absolute Gasteiger partial charge is 0.311 e. The monoisotopic (exact) mass is 260 g/mol. The van der Waals surface area contributed by atoms with Crippen molar-refractivity contribution in [1.29, 1.82) is 0 Å². The molecular formula is C12H14Cl2O2. The molecule has 0 heterocycles. The number of carbonyl (C=O) groups excluding carboxylic acids is 1. The third-order valence-corrected chi connectivity index (χ3v) is 3.11. The lowest BCUT2D eigenvalue weighted by molar-refractivity contribution is -0.150. The van der Waals surface area contributed by atoms with Crippen LogP contribution in [0.2, 0.25) is 10.0 Å². The molecule has 0 aliphatic heterocycles. The normalized spacial score (nSPS) is 11.3. The van der Waals surface area contributed by atoms with Gasteiger partial charge in [0.15, 0.2) is 0 Å². The minimum atomic E-state index is -0.564. The molecule has 88 valence electrons. The molecule has 0 bridgehead atoms. The quantitative estimate of drug-likeness (QED) is 0.775. The van der Waals surface area contributed by atoms with Crippen LogP contribution < -0.4 is 0 Å². The molecule has 0 aliphatic rings. The van der Waals surface area contributed by atoms with Gasteiger partial charge in [-0.15, -0.1) is 0 Å². The van der Waals surface area contributed by atoms with Gasteiger partial charge in [0.25, 0.3) is 0 Å². The molecule has 0 unspecified atom stereocenters. The zero-order valence-electron chi connectivity index (χ0n) is 9.51. The summed E-state index contributed by atoms with van der Waals surface area (Å²) in [6.07, 6.45) is 0.566. The van der Waals surface area contributed by atoms with Crippen molar-refractivity contribution in [2.75, 3.05) is 7.11 Å². The average molecular weight is 261 g/mol. The molecule has 2 nitrogen and oxygen atoms in total. The molecule has 1 rings (SSSR count). The number of esters is 1. The molecule has 0 radical (unpaired) electrons. The Morgan fingerprint density at radius 2 is 1.94 bits per heavy atom. The van der Waals surface area contributed by atoms with E-state index in [-0.39, 0.29) is 5.97 Å². The van der Waals surface area contributed by atoms with Gasteiger partial charge in [0.2, 0.25) is 0 Å². The Morgan fingerprint density at radius 1 is 1.31 bits per heavy atom. The SMILES string of the molecule is COC(=O)C(C)(C)Cc1ccc(Cl)c(Cl)c1. The zero-order chi connectivity index (χ0) is 12.3. The zero-order valence-corrected chi connectivity index (χ0v) is 11.0. The minimum absolute atomic E-state index is 0.237. The van der Waals surface area contributed by atoms with Crippen molar-refractivity contribution in [3.8, 4) is 0 Å².